The summed E-state index contributed by atoms with van der Waals surface area (Å²) in [6.07, 6.45) is 73.9. The lowest BCUT2D eigenvalue weighted by molar-refractivity contribution is -0.161. The van der Waals surface area contributed by atoms with Crippen LogP contribution in [0.25, 0.3) is 0 Å². The summed E-state index contributed by atoms with van der Waals surface area (Å²) < 4.78 is 68.9. The summed E-state index contributed by atoms with van der Waals surface area (Å²) in [5.41, 5.74) is 0. The average Bonchev–Trinajstić information content (AvgIpc) is 0.899. The highest BCUT2D eigenvalue weighted by molar-refractivity contribution is 7.47. The van der Waals surface area contributed by atoms with Gasteiger partial charge >= 0.3 is 39.5 Å². The van der Waals surface area contributed by atoms with Gasteiger partial charge in [-0.25, -0.2) is 9.13 Å². The summed E-state index contributed by atoms with van der Waals surface area (Å²) in [4.78, 5) is 73.3. The Labute approximate surface area is 664 Å². The maximum absolute atomic E-state index is 13.2. The molecule has 17 nitrogen and oxygen atoms in total. The van der Waals surface area contributed by atoms with Crippen molar-refractivity contribution < 1.29 is 80.2 Å². The van der Waals surface area contributed by atoms with Crippen LogP contribution in [0.2, 0.25) is 0 Å². The van der Waals surface area contributed by atoms with Crippen LogP contribution in [-0.2, 0) is 65.4 Å². The van der Waals surface area contributed by atoms with E-state index in [2.05, 4.69) is 41.5 Å². The van der Waals surface area contributed by atoms with Gasteiger partial charge in [-0.15, -0.1) is 0 Å². The summed E-state index contributed by atoms with van der Waals surface area (Å²) in [5, 5.41) is 10.7. The third-order valence-electron chi connectivity index (χ3n) is 21.0. The number of unbranched alkanes of at least 4 members (excludes halogenated alkanes) is 58. The van der Waals surface area contributed by atoms with Crippen LogP contribution in [0.5, 0.6) is 0 Å². The van der Waals surface area contributed by atoms with Gasteiger partial charge in [0.2, 0.25) is 0 Å². The minimum atomic E-state index is -4.97. The molecule has 0 aromatic rings. The molecule has 0 spiro atoms. The van der Waals surface area contributed by atoms with Crippen LogP contribution in [0.3, 0.4) is 0 Å². The monoisotopic (exact) mass is 1580 g/mol. The van der Waals surface area contributed by atoms with Gasteiger partial charge in [0.05, 0.1) is 26.4 Å². The Morgan fingerprint density at radius 1 is 0.250 bits per heavy atom. The van der Waals surface area contributed by atoms with E-state index < -0.39 is 97.5 Å². The van der Waals surface area contributed by atoms with Gasteiger partial charge < -0.3 is 33.8 Å². The first-order valence-electron chi connectivity index (χ1n) is 46.0. The molecule has 5 atom stereocenters. The van der Waals surface area contributed by atoms with E-state index >= 15 is 0 Å². The number of ether oxygens (including phenoxy) is 4. The Bertz CT molecular complexity index is 2060. The summed E-state index contributed by atoms with van der Waals surface area (Å²) in [6.45, 7) is 9.64. The van der Waals surface area contributed by atoms with Crippen LogP contribution < -0.4 is 0 Å². The zero-order valence-electron chi connectivity index (χ0n) is 71.2. The molecule has 19 heteroatoms. The minimum absolute atomic E-state index is 0.108. The second kappa shape index (κ2) is 80.3. The highest BCUT2D eigenvalue weighted by atomic mass is 31.2. The molecule has 0 rings (SSSR count). The maximum atomic E-state index is 13.2. The van der Waals surface area contributed by atoms with Crippen molar-refractivity contribution in [3.63, 3.8) is 0 Å². The predicted octanol–water partition coefficient (Wildman–Crippen LogP) is 27.4. The lowest BCUT2D eigenvalue weighted by Crippen LogP contribution is -2.30. The number of aliphatic hydroxyl groups excluding tert-OH is 1. The molecule has 0 aromatic heterocycles. The topological polar surface area (TPSA) is 237 Å². The van der Waals surface area contributed by atoms with Crippen molar-refractivity contribution in [2.75, 3.05) is 39.6 Å². The third kappa shape index (κ3) is 82.1. The van der Waals surface area contributed by atoms with Crippen molar-refractivity contribution in [2.45, 2.75) is 496 Å². The molecule has 2 unspecified atom stereocenters. The summed E-state index contributed by atoms with van der Waals surface area (Å²) in [5.74, 6) is -0.610. The summed E-state index contributed by atoms with van der Waals surface area (Å²) >= 11 is 0. The van der Waals surface area contributed by atoms with Gasteiger partial charge in [-0.1, -0.05) is 427 Å². The quantitative estimate of drug-likeness (QED) is 0.0222. The van der Waals surface area contributed by atoms with Crippen LogP contribution in [0.4, 0.5) is 0 Å². The molecule has 0 aliphatic heterocycles. The predicted molar refractivity (Wildman–Crippen MR) is 446 cm³/mol. The van der Waals surface area contributed by atoms with Crippen molar-refractivity contribution in [3.8, 4) is 0 Å². The molecule has 0 saturated carbocycles. The molecule has 0 aromatic carbocycles. The highest BCUT2D eigenvalue weighted by Crippen LogP contribution is 2.45. The van der Waals surface area contributed by atoms with Crippen LogP contribution in [0, 0.1) is 11.8 Å². The first-order valence-corrected chi connectivity index (χ1v) is 49.0. The second-order valence-electron chi connectivity index (χ2n) is 32.9. The molecule has 108 heavy (non-hydrogen) atoms. The van der Waals surface area contributed by atoms with Crippen LogP contribution in [0.15, 0.2) is 0 Å². The van der Waals surface area contributed by atoms with Crippen molar-refractivity contribution in [3.05, 3.63) is 0 Å². The Hall–Kier alpha value is -1.94. The van der Waals surface area contributed by atoms with E-state index in [-0.39, 0.29) is 25.7 Å². The SMILES string of the molecule is CCCCCCCCCCCCCCCCCCCCCCCC(=O)O[C@H](COC(=O)CCCCCCCCCCCCCCCCCCC(C)C)COP(=O)(O)OC[C@@H](O)COP(=O)(O)OC[C@@H](COC(=O)CCCCCCCCC(C)C)OC(=O)CCCCCCCCCCCCCCCCCCCCC. The standard InChI is InChI=1S/C89H174O17P2/c1-7-9-11-13-15-17-19-21-23-25-27-28-30-32-38-42-46-50-54-61-67-73-88(93)105-84(77-99-86(91)71-65-59-52-48-44-40-36-34-33-35-39-43-47-51-57-63-69-81(3)4)79-103-107(95,96)101-75-83(90)76-102-108(97,98)104-80-85(78-100-87(92)72-66-60-56-55-58-64-70-82(5)6)106-89(94)74-68-62-53-49-45-41-37-31-29-26-24-22-20-18-16-14-12-10-8-2/h81-85,90H,7-80H2,1-6H3,(H,95,96)(H,97,98)/t83-,84-,85-/m1/s1. The van der Waals surface area contributed by atoms with Crippen molar-refractivity contribution >= 4 is 39.5 Å². The largest absolute Gasteiger partial charge is 0.472 e. The highest BCUT2D eigenvalue weighted by Gasteiger charge is 2.31. The molecule has 642 valence electrons. The first kappa shape index (κ1) is 106. The van der Waals surface area contributed by atoms with Gasteiger partial charge in [0.25, 0.3) is 0 Å². The molecule has 0 aliphatic rings. The fourth-order valence-corrected chi connectivity index (χ4v) is 15.5. The van der Waals surface area contributed by atoms with Gasteiger partial charge in [-0.3, -0.25) is 37.3 Å². The molecular weight excluding hydrogens is 1400 g/mol. The van der Waals surface area contributed by atoms with Crippen LogP contribution in [-0.4, -0.2) is 96.7 Å². The fourth-order valence-electron chi connectivity index (χ4n) is 14.0. The number of hydrogen-bond donors (Lipinski definition) is 3. The average molecular weight is 1580 g/mol. The molecule has 0 bridgehead atoms. The van der Waals surface area contributed by atoms with E-state index in [9.17, 15) is 43.2 Å². The number of carbonyl (C=O) groups excluding carboxylic acids is 4. The van der Waals surface area contributed by atoms with Gasteiger partial charge in [-0.05, 0) is 37.5 Å². The van der Waals surface area contributed by atoms with Crippen molar-refractivity contribution in [1.82, 2.24) is 0 Å². The normalized spacial score (nSPS) is 13.8. The molecule has 0 fully saturated rings. The van der Waals surface area contributed by atoms with Crippen molar-refractivity contribution in [1.29, 1.82) is 0 Å². The summed E-state index contributed by atoms with van der Waals surface area (Å²) in [6, 6.07) is 0. The van der Waals surface area contributed by atoms with Crippen LogP contribution >= 0.6 is 15.6 Å². The second-order valence-corrected chi connectivity index (χ2v) is 35.8. The number of hydrogen-bond acceptors (Lipinski definition) is 15. The Morgan fingerprint density at radius 3 is 0.630 bits per heavy atom. The Morgan fingerprint density at radius 2 is 0.426 bits per heavy atom. The number of carbonyl (C=O) groups is 4. The Balaban J connectivity index is 5.20. The zero-order valence-corrected chi connectivity index (χ0v) is 73.0. The summed E-state index contributed by atoms with van der Waals surface area (Å²) in [7, 11) is -9.93. The molecule has 3 N–H and O–H groups in total. The molecule has 0 saturated heterocycles. The molecule has 0 amide bonds. The Kier molecular flexibility index (Phi) is 78.8. The van der Waals surface area contributed by atoms with Gasteiger partial charge in [0, 0.05) is 25.7 Å². The van der Waals surface area contributed by atoms with Gasteiger partial charge in [0.1, 0.15) is 19.3 Å². The molecule has 0 heterocycles. The minimum Gasteiger partial charge on any atom is -0.462 e. The molecule has 0 radical (unpaired) electrons. The van der Waals surface area contributed by atoms with Gasteiger partial charge in [0.15, 0.2) is 12.2 Å². The fraction of sp³-hybridized carbons (Fsp3) is 0.955. The van der Waals surface area contributed by atoms with E-state index in [1.165, 1.54) is 289 Å². The molecular formula is C89H174O17P2. The number of rotatable bonds is 88. The third-order valence-corrected chi connectivity index (χ3v) is 22.9. The number of phosphoric acid groups is 2. The molecule has 0 aliphatic carbocycles. The zero-order chi connectivity index (χ0) is 79.2. The van der Waals surface area contributed by atoms with E-state index in [4.69, 9.17) is 37.0 Å². The lowest BCUT2D eigenvalue weighted by Gasteiger charge is -2.21. The van der Waals surface area contributed by atoms with E-state index in [0.29, 0.717) is 31.6 Å². The number of phosphoric ester groups is 2. The van der Waals surface area contributed by atoms with Crippen molar-refractivity contribution in [2.24, 2.45) is 11.8 Å². The van der Waals surface area contributed by atoms with Gasteiger partial charge in [-0.2, -0.15) is 0 Å². The number of esters is 4. The van der Waals surface area contributed by atoms with E-state index in [1.54, 1.807) is 0 Å². The van der Waals surface area contributed by atoms with E-state index in [0.717, 1.165) is 102 Å². The number of aliphatic hydroxyl groups is 1. The van der Waals surface area contributed by atoms with Crippen LogP contribution in [0.1, 0.15) is 478 Å². The maximum Gasteiger partial charge on any atom is 0.472 e. The smallest absolute Gasteiger partial charge is 0.462 e. The first-order chi connectivity index (χ1) is 52.4. The lowest BCUT2D eigenvalue weighted by atomic mass is 10.0. The van der Waals surface area contributed by atoms with E-state index in [1.807, 2.05) is 0 Å².